The third-order valence-corrected chi connectivity index (χ3v) is 5.26. The quantitative estimate of drug-likeness (QED) is 0.628. The Hall–Kier alpha value is -2.76. The predicted octanol–water partition coefficient (Wildman–Crippen LogP) is 3.04. The number of esters is 1. The van der Waals surface area contributed by atoms with Crippen LogP contribution in [-0.4, -0.2) is 42.7 Å². The normalized spacial score (nSPS) is 16.9. The molecule has 28 heavy (non-hydrogen) atoms. The number of ketones is 1. The van der Waals surface area contributed by atoms with Gasteiger partial charge in [0.15, 0.2) is 18.3 Å². The van der Waals surface area contributed by atoms with E-state index < -0.39 is 24.3 Å². The van der Waals surface area contributed by atoms with Gasteiger partial charge in [-0.25, -0.2) is 9.78 Å². The van der Waals surface area contributed by atoms with Crippen LogP contribution < -0.4 is 4.74 Å². The molecule has 146 valence electrons. The minimum absolute atomic E-state index is 0.116. The van der Waals surface area contributed by atoms with Gasteiger partial charge in [0.1, 0.15) is 17.4 Å². The lowest BCUT2D eigenvalue weighted by Gasteiger charge is -2.11. The number of carbonyl (C=O) groups is 2. The lowest BCUT2D eigenvalue weighted by atomic mass is 10.1. The van der Waals surface area contributed by atoms with Crippen LogP contribution in [0.1, 0.15) is 39.8 Å². The molecule has 1 aliphatic heterocycles. The average Bonchev–Trinajstić information content (AvgIpc) is 3.37. The molecule has 2 unspecified atom stereocenters. The van der Waals surface area contributed by atoms with E-state index in [0.29, 0.717) is 22.9 Å². The summed E-state index contributed by atoms with van der Waals surface area (Å²) in [6.45, 7) is 2.55. The second-order valence-electron chi connectivity index (χ2n) is 6.40. The molecular formula is C20H20N2O5S. The summed E-state index contributed by atoms with van der Waals surface area (Å²) >= 11 is 1.24. The molecule has 1 aromatic heterocycles. The van der Waals surface area contributed by atoms with Crippen molar-refractivity contribution in [1.29, 1.82) is 5.26 Å². The topological polar surface area (TPSA) is 98.5 Å². The molecule has 1 fully saturated rings. The second-order valence-corrected chi connectivity index (χ2v) is 7.29. The van der Waals surface area contributed by atoms with Gasteiger partial charge in [-0.3, -0.25) is 4.79 Å². The number of aromatic nitrogens is 1. The van der Waals surface area contributed by atoms with Crippen molar-refractivity contribution >= 4 is 23.1 Å². The molecule has 7 nitrogen and oxygen atoms in total. The number of benzene rings is 1. The maximum Gasteiger partial charge on any atom is 0.338 e. The number of nitrogens with zero attached hydrogens (tertiary/aromatic N) is 2. The van der Waals surface area contributed by atoms with Gasteiger partial charge < -0.3 is 14.2 Å². The van der Waals surface area contributed by atoms with Crippen molar-refractivity contribution in [3.05, 3.63) is 45.9 Å². The van der Waals surface area contributed by atoms with Gasteiger partial charge in [0.2, 0.25) is 0 Å². The summed E-state index contributed by atoms with van der Waals surface area (Å²) in [5.74, 6) is -1.53. The highest BCUT2D eigenvalue weighted by Gasteiger charge is 2.24. The summed E-state index contributed by atoms with van der Waals surface area (Å²) in [7, 11) is 0. The van der Waals surface area contributed by atoms with Crippen LogP contribution >= 0.6 is 11.3 Å². The zero-order valence-electron chi connectivity index (χ0n) is 15.4. The van der Waals surface area contributed by atoms with Crippen LogP contribution in [0.5, 0.6) is 5.75 Å². The average molecular weight is 400 g/mol. The SMILES string of the molecule is Cc1csc(C(C#N)C(=O)COC(=O)c2ccc(OCC3CCCO3)cc2)n1. The summed E-state index contributed by atoms with van der Waals surface area (Å²) in [5.41, 5.74) is 1.04. The van der Waals surface area contributed by atoms with E-state index in [1.165, 1.54) is 11.3 Å². The Morgan fingerprint density at radius 3 is 2.79 bits per heavy atom. The number of hydrogen-bond donors (Lipinski definition) is 0. The van der Waals surface area contributed by atoms with Gasteiger partial charge in [0, 0.05) is 17.7 Å². The molecule has 1 aliphatic rings. The van der Waals surface area contributed by atoms with Crippen molar-refractivity contribution in [2.45, 2.75) is 31.8 Å². The molecule has 2 atom stereocenters. The molecule has 1 saturated heterocycles. The summed E-state index contributed by atoms with van der Waals surface area (Å²) in [5, 5.41) is 11.4. The van der Waals surface area contributed by atoms with Gasteiger partial charge in [-0.1, -0.05) is 0 Å². The molecule has 0 amide bonds. The number of hydrogen-bond acceptors (Lipinski definition) is 8. The number of Topliss-reactive ketones (excluding diaryl/α,β-unsaturated/α-hetero) is 1. The first-order valence-corrected chi connectivity index (χ1v) is 9.80. The van der Waals surface area contributed by atoms with Crippen LogP contribution in [0.15, 0.2) is 29.6 Å². The largest absolute Gasteiger partial charge is 0.491 e. The Bertz CT molecular complexity index is 865. The number of rotatable bonds is 8. The molecule has 0 aliphatic carbocycles. The summed E-state index contributed by atoms with van der Waals surface area (Å²) < 4.78 is 16.2. The molecular weight excluding hydrogens is 380 g/mol. The van der Waals surface area contributed by atoms with E-state index >= 15 is 0 Å². The zero-order valence-corrected chi connectivity index (χ0v) is 16.2. The van der Waals surface area contributed by atoms with Gasteiger partial charge in [0.05, 0.1) is 17.7 Å². The molecule has 8 heteroatoms. The van der Waals surface area contributed by atoms with Crippen molar-refractivity contribution in [1.82, 2.24) is 4.98 Å². The summed E-state index contributed by atoms with van der Waals surface area (Å²) in [6.07, 6.45) is 2.15. The third kappa shape index (κ3) is 5.15. The van der Waals surface area contributed by atoms with Crippen molar-refractivity contribution in [2.24, 2.45) is 0 Å². The minimum atomic E-state index is -1.03. The monoisotopic (exact) mass is 400 g/mol. The Labute approximate surface area is 166 Å². The van der Waals surface area contributed by atoms with Crippen LogP contribution in [0.4, 0.5) is 0 Å². The number of aryl methyl sites for hydroxylation is 1. The Balaban J connectivity index is 1.49. The predicted molar refractivity (Wildman–Crippen MR) is 101 cm³/mol. The van der Waals surface area contributed by atoms with Crippen molar-refractivity contribution < 1.29 is 23.8 Å². The van der Waals surface area contributed by atoms with E-state index in [0.717, 1.165) is 25.1 Å². The van der Waals surface area contributed by atoms with Gasteiger partial charge in [0.25, 0.3) is 0 Å². The Morgan fingerprint density at radius 2 is 2.18 bits per heavy atom. The minimum Gasteiger partial charge on any atom is -0.491 e. The summed E-state index contributed by atoms with van der Waals surface area (Å²) in [6, 6.07) is 8.41. The Morgan fingerprint density at radius 1 is 1.39 bits per heavy atom. The fourth-order valence-electron chi connectivity index (χ4n) is 2.73. The van der Waals surface area contributed by atoms with E-state index in [1.54, 1.807) is 36.6 Å². The van der Waals surface area contributed by atoms with Crippen LogP contribution in [0.3, 0.4) is 0 Å². The highest BCUT2D eigenvalue weighted by atomic mass is 32.1. The van der Waals surface area contributed by atoms with E-state index in [4.69, 9.17) is 14.2 Å². The smallest absolute Gasteiger partial charge is 0.338 e. The van der Waals surface area contributed by atoms with E-state index in [9.17, 15) is 14.9 Å². The molecule has 0 saturated carbocycles. The molecule has 0 N–H and O–H groups in total. The first-order chi connectivity index (χ1) is 13.6. The molecule has 0 spiro atoms. The highest BCUT2D eigenvalue weighted by molar-refractivity contribution is 7.09. The molecule has 2 aromatic rings. The maximum atomic E-state index is 12.2. The fraction of sp³-hybridized carbons (Fsp3) is 0.400. The van der Waals surface area contributed by atoms with E-state index in [1.807, 2.05) is 6.07 Å². The van der Waals surface area contributed by atoms with Crippen LogP contribution in [-0.2, 0) is 14.3 Å². The van der Waals surface area contributed by atoms with Crippen LogP contribution in [0.2, 0.25) is 0 Å². The second kappa shape index (κ2) is 9.44. The van der Waals surface area contributed by atoms with Crippen molar-refractivity contribution in [2.75, 3.05) is 19.8 Å². The van der Waals surface area contributed by atoms with Crippen molar-refractivity contribution in [3.63, 3.8) is 0 Å². The summed E-state index contributed by atoms with van der Waals surface area (Å²) in [4.78, 5) is 28.5. The fourth-order valence-corrected chi connectivity index (χ4v) is 3.59. The molecule has 0 radical (unpaired) electrons. The first kappa shape index (κ1) is 20.0. The number of nitriles is 1. The standard InChI is InChI=1S/C20H20N2O5S/c1-13-12-28-19(22-13)17(9-21)18(23)11-27-20(24)14-4-6-15(7-5-14)26-10-16-3-2-8-25-16/h4-7,12,16-17H,2-3,8,10-11H2,1H3. The molecule has 1 aromatic carbocycles. The van der Waals surface area contributed by atoms with Gasteiger partial charge in [-0.2, -0.15) is 5.26 Å². The molecule has 0 bridgehead atoms. The Kier molecular flexibility index (Phi) is 6.74. The lowest BCUT2D eigenvalue weighted by molar-refractivity contribution is -0.122. The maximum absolute atomic E-state index is 12.2. The third-order valence-electron chi connectivity index (χ3n) is 4.23. The first-order valence-electron chi connectivity index (χ1n) is 8.92. The zero-order chi connectivity index (χ0) is 19.9. The number of carbonyl (C=O) groups excluding carboxylic acids is 2. The highest BCUT2D eigenvalue weighted by Crippen LogP contribution is 2.21. The van der Waals surface area contributed by atoms with Gasteiger partial charge in [-0.15, -0.1) is 11.3 Å². The van der Waals surface area contributed by atoms with E-state index in [2.05, 4.69) is 4.98 Å². The molecule has 3 rings (SSSR count). The van der Waals surface area contributed by atoms with E-state index in [-0.39, 0.29) is 6.10 Å². The molecule has 2 heterocycles. The van der Waals surface area contributed by atoms with Crippen molar-refractivity contribution in [3.8, 4) is 11.8 Å². The van der Waals surface area contributed by atoms with Gasteiger partial charge >= 0.3 is 5.97 Å². The number of thiazole rings is 1. The van der Waals surface area contributed by atoms with Crippen LogP contribution in [0, 0.1) is 18.3 Å². The van der Waals surface area contributed by atoms with Gasteiger partial charge in [-0.05, 0) is 44.0 Å². The lowest BCUT2D eigenvalue weighted by Crippen LogP contribution is -2.20. The van der Waals surface area contributed by atoms with Crippen LogP contribution in [0.25, 0.3) is 0 Å². The number of ether oxygens (including phenoxy) is 3.